The summed E-state index contributed by atoms with van der Waals surface area (Å²) >= 11 is 0.886. The zero-order chi connectivity index (χ0) is 13.8. The molecule has 0 aromatic carbocycles. The van der Waals surface area contributed by atoms with Crippen molar-refractivity contribution in [1.29, 1.82) is 0 Å². The number of carboxylic acids is 1. The van der Waals surface area contributed by atoms with Gasteiger partial charge in [0.15, 0.2) is 0 Å². The molecule has 0 saturated heterocycles. The minimum Gasteiger partial charge on any atom is -0.478 e. The molecule has 18 heavy (non-hydrogen) atoms. The maximum absolute atomic E-state index is 12.2. The maximum atomic E-state index is 12.2. The summed E-state index contributed by atoms with van der Waals surface area (Å²) in [5, 5.41) is 10.1. The molecule has 0 spiro atoms. The van der Waals surface area contributed by atoms with Gasteiger partial charge < -0.3 is 5.11 Å². The van der Waals surface area contributed by atoms with Crippen LogP contribution < -0.4 is 0 Å². The van der Waals surface area contributed by atoms with Crippen LogP contribution in [0.2, 0.25) is 0 Å². The van der Waals surface area contributed by atoms with Crippen molar-refractivity contribution in [1.82, 2.24) is 4.31 Å². The summed E-state index contributed by atoms with van der Waals surface area (Å²) < 4.78 is 25.6. The number of aromatic carboxylic acids is 1. The van der Waals surface area contributed by atoms with E-state index < -0.39 is 16.0 Å². The molecule has 98 valence electrons. The number of carboxylic acid groups (broad SMARTS) is 1. The molecule has 0 radical (unpaired) electrons. The molecule has 0 atom stereocenters. The molecule has 1 heterocycles. The molecule has 1 aromatic rings. The van der Waals surface area contributed by atoms with E-state index in [4.69, 9.17) is 11.5 Å². The van der Waals surface area contributed by atoms with Crippen molar-refractivity contribution >= 4 is 27.3 Å². The second-order valence-electron chi connectivity index (χ2n) is 3.50. The average molecular weight is 287 g/mol. The van der Waals surface area contributed by atoms with E-state index in [9.17, 15) is 13.2 Å². The molecule has 0 aliphatic carbocycles. The normalized spacial score (nSPS) is 11.4. The third kappa shape index (κ3) is 3.10. The van der Waals surface area contributed by atoms with Gasteiger partial charge >= 0.3 is 5.97 Å². The molecule has 0 unspecified atom stereocenters. The Kier molecular flexibility index (Phi) is 4.90. The van der Waals surface area contributed by atoms with Crippen LogP contribution in [0.1, 0.15) is 23.7 Å². The molecule has 0 aliphatic heterocycles. The molecule has 1 aromatic heterocycles. The number of sulfonamides is 1. The van der Waals surface area contributed by atoms with Gasteiger partial charge in [0, 0.05) is 11.9 Å². The van der Waals surface area contributed by atoms with Crippen LogP contribution in [0.25, 0.3) is 0 Å². The minimum atomic E-state index is -3.69. The van der Waals surface area contributed by atoms with Gasteiger partial charge in [-0.1, -0.05) is 12.8 Å². The number of rotatable bonds is 6. The van der Waals surface area contributed by atoms with Crippen LogP contribution in [0.5, 0.6) is 0 Å². The Bertz CT molecular complexity index is 568. The summed E-state index contributed by atoms with van der Waals surface area (Å²) in [6.45, 7) is 2.14. The van der Waals surface area contributed by atoms with E-state index in [0.29, 0.717) is 13.0 Å². The first-order valence-corrected chi connectivity index (χ1v) is 7.51. The second kappa shape index (κ2) is 6.00. The van der Waals surface area contributed by atoms with Crippen molar-refractivity contribution in [3.05, 3.63) is 17.0 Å². The van der Waals surface area contributed by atoms with Gasteiger partial charge in [-0.3, -0.25) is 0 Å². The van der Waals surface area contributed by atoms with E-state index in [1.807, 2.05) is 6.92 Å². The molecule has 1 rings (SSSR count). The van der Waals surface area contributed by atoms with Crippen molar-refractivity contribution in [3.8, 4) is 12.3 Å². The zero-order valence-corrected chi connectivity index (χ0v) is 11.4. The van der Waals surface area contributed by atoms with Crippen LogP contribution in [-0.2, 0) is 10.0 Å². The molecule has 0 bridgehead atoms. The lowest BCUT2D eigenvalue weighted by Gasteiger charge is -2.17. The lowest BCUT2D eigenvalue weighted by atomic mass is 10.4. The van der Waals surface area contributed by atoms with Gasteiger partial charge in [0.2, 0.25) is 0 Å². The highest BCUT2D eigenvalue weighted by Crippen LogP contribution is 2.24. The fourth-order valence-electron chi connectivity index (χ4n) is 1.33. The van der Waals surface area contributed by atoms with E-state index in [-0.39, 0.29) is 16.3 Å². The lowest BCUT2D eigenvalue weighted by Crippen LogP contribution is -2.31. The maximum Gasteiger partial charge on any atom is 0.336 e. The first kappa shape index (κ1) is 14.7. The van der Waals surface area contributed by atoms with E-state index in [1.165, 1.54) is 9.69 Å². The third-order valence-corrected chi connectivity index (χ3v) is 5.42. The van der Waals surface area contributed by atoms with Gasteiger partial charge in [0.25, 0.3) is 10.0 Å². The average Bonchev–Trinajstić information content (AvgIpc) is 2.78. The molecular weight excluding hydrogens is 274 g/mol. The van der Waals surface area contributed by atoms with Gasteiger partial charge in [-0.15, -0.1) is 17.8 Å². The summed E-state index contributed by atoms with van der Waals surface area (Å²) in [7, 11) is -3.69. The number of thiophene rings is 1. The summed E-state index contributed by atoms with van der Waals surface area (Å²) in [6, 6.07) is 1.15. The van der Waals surface area contributed by atoms with Gasteiger partial charge in [-0.05, 0) is 12.5 Å². The Balaban J connectivity index is 3.10. The Morgan fingerprint density at radius 3 is 2.72 bits per heavy atom. The van der Waals surface area contributed by atoms with Crippen molar-refractivity contribution in [2.45, 2.75) is 17.6 Å². The molecule has 0 amide bonds. The monoisotopic (exact) mass is 287 g/mol. The zero-order valence-electron chi connectivity index (χ0n) is 9.79. The van der Waals surface area contributed by atoms with Crippen LogP contribution in [-0.4, -0.2) is 36.9 Å². The number of nitrogens with zero attached hydrogens (tertiary/aromatic N) is 1. The van der Waals surface area contributed by atoms with Gasteiger partial charge in [-0.25, -0.2) is 13.2 Å². The van der Waals surface area contributed by atoms with E-state index in [2.05, 4.69) is 5.92 Å². The number of hydrogen-bond acceptors (Lipinski definition) is 4. The van der Waals surface area contributed by atoms with Crippen molar-refractivity contribution < 1.29 is 18.3 Å². The number of hydrogen-bond donors (Lipinski definition) is 1. The van der Waals surface area contributed by atoms with Crippen molar-refractivity contribution in [3.63, 3.8) is 0 Å². The summed E-state index contributed by atoms with van der Waals surface area (Å²) in [5.41, 5.74) is -0.0317. The first-order chi connectivity index (χ1) is 8.43. The van der Waals surface area contributed by atoms with Crippen molar-refractivity contribution in [2.75, 3.05) is 13.1 Å². The van der Waals surface area contributed by atoms with Crippen LogP contribution in [0, 0.1) is 12.3 Å². The summed E-state index contributed by atoms with van der Waals surface area (Å²) in [6.07, 6.45) is 5.78. The van der Waals surface area contributed by atoms with Gasteiger partial charge in [0.1, 0.15) is 4.21 Å². The summed E-state index contributed by atoms with van der Waals surface area (Å²) in [4.78, 5) is 10.7. The third-order valence-electron chi connectivity index (χ3n) is 2.16. The Morgan fingerprint density at radius 2 is 2.28 bits per heavy atom. The predicted octanol–water partition coefficient (Wildman–Crippen LogP) is 1.48. The molecule has 0 saturated carbocycles. The highest BCUT2D eigenvalue weighted by Gasteiger charge is 2.25. The molecule has 7 heteroatoms. The van der Waals surface area contributed by atoms with E-state index in [1.54, 1.807) is 0 Å². The van der Waals surface area contributed by atoms with E-state index in [0.717, 1.165) is 17.4 Å². The fraction of sp³-hybridized carbons (Fsp3) is 0.364. The Morgan fingerprint density at radius 1 is 1.61 bits per heavy atom. The molecule has 5 nitrogen and oxygen atoms in total. The standard InChI is InChI=1S/C11H13NO4S2/c1-3-5-12(6-4-2)18(15,16)10-7-9(8-17-10)11(13)14/h1,7-8H,4-6H2,2H3,(H,13,14). The minimum absolute atomic E-state index is 0.00333. The largest absolute Gasteiger partial charge is 0.478 e. The topological polar surface area (TPSA) is 74.7 Å². The van der Waals surface area contributed by atoms with Crippen LogP contribution in [0.3, 0.4) is 0 Å². The number of carbonyl (C=O) groups is 1. The second-order valence-corrected chi connectivity index (χ2v) is 6.58. The number of terminal acetylenes is 1. The molecular formula is C11H13NO4S2. The Hall–Kier alpha value is -1.36. The molecule has 1 N–H and O–H groups in total. The van der Waals surface area contributed by atoms with Crippen molar-refractivity contribution in [2.24, 2.45) is 0 Å². The molecule has 0 aliphatic rings. The van der Waals surface area contributed by atoms with Gasteiger partial charge in [0.05, 0.1) is 12.1 Å². The van der Waals surface area contributed by atoms with Crippen LogP contribution >= 0.6 is 11.3 Å². The van der Waals surface area contributed by atoms with Gasteiger partial charge in [-0.2, -0.15) is 4.31 Å². The smallest absolute Gasteiger partial charge is 0.336 e. The SMILES string of the molecule is C#CCN(CCC)S(=O)(=O)c1cc(C(=O)O)cs1. The van der Waals surface area contributed by atoms with Crippen LogP contribution in [0.4, 0.5) is 0 Å². The predicted molar refractivity (Wildman–Crippen MR) is 69.2 cm³/mol. The fourth-order valence-corrected chi connectivity index (χ4v) is 4.08. The van der Waals surface area contributed by atoms with Crippen LogP contribution in [0.15, 0.2) is 15.7 Å². The highest BCUT2D eigenvalue weighted by atomic mass is 32.2. The highest BCUT2D eigenvalue weighted by molar-refractivity contribution is 7.91. The quantitative estimate of drug-likeness (QED) is 0.804. The molecule has 0 fully saturated rings. The first-order valence-electron chi connectivity index (χ1n) is 5.19. The lowest BCUT2D eigenvalue weighted by molar-refractivity contribution is 0.0697. The Labute approximate surface area is 110 Å². The van der Waals surface area contributed by atoms with E-state index >= 15 is 0 Å². The summed E-state index contributed by atoms with van der Waals surface area (Å²) in [5.74, 6) is 1.15.